The first kappa shape index (κ1) is 24.8. The molecule has 1 atom stereocenters. The lowest BCUT2D eigenvalue weighted by Crippen LogP contribution is -2.45. The van der Waals surface area contributed by atoms with Crippen molar-refractivity contribution in [3.63, 3.8) is 0 Å². The summed E-state index contributed by atoms with van der Waals surface area (Å²) >= 11 is 0. The predicted octanol–water partition coefficient (Wildman–Crippen LogP) is 4.95. The number of amides is 1. The fraction of sp³-hybridized carbons (Fsp3) is 0.250. The number of carbonyl (C=O) groups is 2. The fourth-order valence-electron chi connectivity index (χ4n) is 3.93. The van der Waals surface area contributed by atoms with E-state index in [2.05, 4.69) is 5.32 Å². The minimum Gasteiger partial charge on any atom is -0.496 e. The van der Waals surface area contributed by atoms with Gasteiger partial charge in [0.2, 0.25) is 0 Å². The highest BCUT2D eigenvalue weighted by atomic mass is 16.6. The van der Waals surface area contributed by atoms with Gasteiger partial charge in [-0.05, 0) is 17.5 Å². The molecule has 1 heterocycles. The molecule has 0 spiro atoms. The minimum absolute atomic E-state index is 0.0775. The summed E-state index contributed by atoms with van der Waals surface area (Å²) in [5, 5.41) is 4.67. The zero-order chi connectivity index (χ0) is 25.7. The van der Waals surface area contributed by atoms with Gasteiger partial charge in [-0.25, -0.2) is 14.4 Å². The largest absolute Gasteiger partial charge is 0.496 e. The standard InChI is InChI=1S/C28H27NO7/c1-17(2)25(29-28(32)35-15-18-9-5-4-6-10-18)27(31)34-16-19-13-24(30)36-26-21-12-8-7-11-20(21)23(33-3)14-22(19)26/h4-14,17,25H,15-16H2,1-3H3,(H,29,32)/t25-/m0/s1. The van der Waals surface area contributed by atoms with Crippen molar-refractivity contribution in [1.82, 2.24) is 5.32 Å². The lowest BCUT2D eigenvalue weighted by molar-refractivity contribution is -0.148. The molecule has 1 aromatic heterocycles. The van der Waals surface area contributed by atoms with Crippen molar-refractivity contribution in [3.8, 4) is 5.75 Å². The molecule has 36 heavy (non-hydrogen) atoms. The second-order valence-electron chi connectivity index (χ2n) is 8.63. The number of nitrogens with one attached hydrogen (secondary N) is 1. The molecule has 1 amide bonds. The molecule has 4 rings (SSSR count). The van der Waals surface area contributed by atoms with Gasteiger partial charge in [-0.3, -0.25) is 0 Å². The summed E-state index contributed by atoms with van der Waals surface area (Å²) in [5.74, 6) is -0.304. The van der Waals surface area contributed by atoms with E-state index in [1.54, 1.807) is 27.0 Å². The van der Waals surface area contributed by atoms with Crippen LogP contribution in [0.3, 0.4) is 0 Å². The Bertz CT molecular complexity index is 1440. The summed E-state index contributed by atoms with van der Waals surface area (Å²) in [6, 6.07) is 18.7. The number of rotatable bonds is 8. The van der Waals surface area contributed by atoms with E-state index in [4.69, 9.17) is 18.6 Å². The second-order valence-corrected chi connectivity index (χ2v) is 8.63. The Morgan fingerprint density at radius 2 is 1.58 bits per heavy atom. The first-order chi connectivity index (χ1) is 17.4. The molecule has 4 aromatic rings. The van der Waals surface area contributed by atoms with Crippen LogP contribution in [0, 0.1) is 5.92 Å². The van der Waals surface area contributed by atoms with Crippen molar-refractivity contribution in [2.75, 3.05) is 7.11 Å². The van der Waals surface area contributed by atoms with E-state index < -0.39 is 23.7 Å². The van der Waals surface area contributed by atoms with Crippen LogP contribution in [0.25, 0.3) is 21.7 Å². The van der Waals surface area contributed by atoms with Gasteiger partial charge < -0.3 is 23.9 Å². The Balaban J connectivity index is 1.51. The van der Waals surface area contributed by atoms with E-state index in [9.17, 15) is 14.4 Å². The van der Waals surface area contributed by atoms with Crippen LogP contribution >= 0.6 is 0 Å². The van der Waals surface area contributed by atoms with Crippen molar-refractivity contribution in [2.24, 2.45) is 5.92 Å². The van der Waals surface area contributed by atoms with Gasteiger partial charge in [-0.2, -0.15) is 0 Å². The van der Waals surface area contributed by atoms with Gasteiger partial charge in [0.1, 0.15) is 30.6 Å². The average Bonchev–Trinajstić information content (AvgIpc) is 2.89. The van der Waals surface area contributed by atoms with E-state index in [0.29, 0.717) is 27.7 Å². The van der Waals surface area contributed by atoms with Gasteiger partial charge in [-0.15, -0.1) is 0 Å². The SMILES string of the molecule is COc1cc2c(COC(=O)[C@@H](NC(=O)OCc3ccccc3)C(C)C)cc(=O)oc2c2ccccc12. The molecule has 8 nitrogen and oxygen atoms in total. The summed E-state index contributed by atoms with van der Waals surface area (Å²) in [7, 11) is 1.56. The van der Waals surface area contributed by atoms with Crippen molar-refractivity contribution >= 4 is 33.8 Å². The molecule has 3 aromatic carbocycles. The number of fused-ring (bicyclic) bond motifs is 3. The smallest absolute Gasteiger partial charge is 0.408 e. The lowest BCUT2D eigenvalue weighted by Gasteiger charge is -2.21. The first-order valence-corrected chi connectivity index (χ1v) is 11.5. The van der Waals surface area contributed by atoms with E-state index >= 15 is 0 Å². The van der Waals surface area contributed by atoms with E-state index in [0.717, 1.165) is 10.9 Å². The van der Waals surface area contributed by atoms with Gasteiger partial charge in [0.05, 0.1) is 7.11 Å². The molecule has 0 aliphatic carbocycles. The van der Waals surface area contributed by atoms with Crippen molar-refractivity contribution in [1.29, 1.82) is 0 Å². The number of hydrogen-bond donors (Lipinski definition) is 1. The Kier molecular flexibility index (Phi) is 7.53. The van der Waals surface area contributed by atoms with Crippen LogP contribution in [-0.2, 0) is 27.5 Å². The summed E-state index contributed by atoms with van der Waals surface area (Å²) in [4.78, 5) is 37.5. The quantitative estimate of drug-likeness (QED) is 0.212. The maximum absolute atomic E-state index is 12.9. The number of carbonyl (C=O) groups excluding carboxylic acids is 2. The summed E-state index contributed by atoms with van der Waals surface area (Å²) in [6.45, 7) is 3.46. The maximum Gasteiger partial charge on any atom is 0.408 e. The molecular weight excluding hydrogens is 462 g/mol. The van der Waals surface area contributed by atoms with Gasteiger partial charge in [0.25, 0.3) is 0 Å². The number of methoxy groups -OCH3 is 1. The highest BCUT2D eigenvalue weighted by Crippen LogP contribution is 2.34. The van der Waals surface area contributed by atoms with Crippen LogP contribution in [0.5, 0.6) is 5.75 Å². The molecule has 186 valence electrons. The Morgan fingerprint density at radius 3 is 2.28 bits per heavy atom. The van der Waals surface area contributed by atoms with Crippen LogP contribution in [-0.4, -0.2) is 25.2 Å². The molecule has 0 saturated heterocycles. The number of ether oxygens (including phenoxy) is 3. The zero-order valence-corrected chi connectivity index (χ0v) is 20.3. The topological polar surface area (TPSA) is 104 Å². The molecule has 0 unspecified atom stereocenters. The maximum atomic E-state index is 12.9. The van der Waals surface area contributed by atoms with Crippen LogP contribution < -0.4 is 15.7 Å². The lowest BCUT2D eigenvalue weighted by atomic mass is 10.0. The number of esters is 1. The molecule has 0 radical (unpaired) electrons. The monoisotopic (exact) mass is 489 g/mol. The molecular formula is C28H27NO7. The van der Waals surface area contributed by atoms with Crippen molar-refractivity contribution in [3.05, 3.63) is 88.3 Å². The number of alkyl carbamates (subject to hydrolysis) is 1. The van der Waals surface area contributed by atoms with Crippen molar-refractivity contribution in [2.45, 2.75) is 33.1 Å². The molecule has 8 heteroatoms. The third-order valence-corrected chi connectivity index (χ3v) is 5.79. The Hall–Kier alpha value is -4.33. The zero-order valence-electron chi connectivity index (χ0n) is 20.3. The molecule has 0 aliphatic heterocycles. The van der Waals surface area contributed by atoms with E-state index in [1.165, 1.54) is 6.07 Å². The highest BCUT2D eigenvalue weighted by Gasteiger charge is 2.27. The number of benzene rings is 3. The van der Waals surface area contributed by atoms with Crippen LogP contribution in [0.1, 0.15) is 25.0 Å². The summed E-state index contributed by atoms with van der Waals surface area (Å²) < 4.78 is 21.8. The van der Waals surface area contributed by atoms with E-state index in [-0.39, 0.29) is 19.1 Å². The fourth-order valence-corrected chi connectivity index (χ4v) is 3.93. The van der Waals surface area contributed by atoms with Crippen LogP contribution in [0.4, 0.5) is 4.79 Å². The predicted molar refractivity (Wildman–Crippen MR) is 135 cm³/mol. The second kappa shape index (κ2) is 10.9. The third kappa shape index (κ3) is 5.49. The third-order valence-electron chi connectivity index (χ3n) is 5.79. The van der Waals surface area contributed by atoms with Gasteiger partial charge in [-0.1, -0.05) is 68.4 Å². The molecule has 0 fully saturated rings. The normalized spacial score (nSPS) is 11.9. The van der Waals surface area contributed by atoms with Crippen molar-refractivity contribution < 1.29 is 28.2 Å². The van der Waals surface area contributed by atoms with Gasteiger partial charge >= 0.3 is 17.7 Å². The van der Waals surface area contributed by atoms with Gasteiger partial charge in [0, 0.05) is 27.8 Å². The molecule has 0 saturated carbocycles. The number of hydrogen-bond acceptors (Lipinski definition) is 7. The summed E-state index contributed by atoms with van der Waals surface area (Å²) in [6.07, 6.45) is -0.725. The molecule has 0 bridgehead atoms. The Morgan fingerprint density at radius 1 is 0.889 bits per heavy atom. The van der Waals surface area contributed by atoms with Gasteiger partial charge in [0.15, 0.2) is 0 Å². The van der Waals surface area contributed by atoms with E-state index in [1.807, 2.05) is 54.6 Å². The molecule has 0 aliphatic rings. The van der Waals surface area contributed by atoms with Crippen LogP contribution in [0.15, 0.2) is 75.9 Å². The average molecular weight is 490 g/mol. The molecule has 1 N–H and O–H groups in total. The van der Waals surface area contributed by atoms with Crippen LogP contribution in [0.2, 0.25) is 0 Å². The first-order valence-electron chi connectivity index (χ1n) is 11.5. The minimum atomic E-state index is -0.935. The Labute approximate surface area is 207 Å². The summed E-state index contributed by atoms with van der Waals surface area (Å²) in [5.41, 5.74) is 1.11. The highest BCUT2D eigenvalue weighted by molar-refractivity contribution is 6.08.